The van der Waals surface area contributed by atoms with Crippen LogP contribution in [0, 0.1) is 12.8 Å². The van der Waals surface area contributed by atoms with Gasteiger partial charge in [-0.25, -0.2) is 0 Å². The molecule has 1 aromatic rings. The maximum Gasteiger partial charge on any atom is 0.119 e. The molecule has 0 unspecified atom stereocenters. The van der Waals surface area contributed by atoms with Crippen LogP contribution in [0.25, 0.3) is 0 Å². The molecule has 2 heteroatoms. The summed E-state index contributed by atoms with van der Waals surface area (Å²) in [6.45, 7) is 9.39. The fraction of sp³-hybridized carbons (Fsp3) is 0.625. The van der Waals surface area contributed by atoms with Gasteiger partial charge in [0, 0.05) is 0 Å². The molecule has 1 aromatic carbocycles. The largest absolute Gasteiger partial charge is 0.493 e. The summed E-state index contributed by atoms with van der Waals surface area (Å²) in [6.07, 6.45) is 2.53. The zero-order valence-corrected chi connectivity index (χ0v) is 12.3. The van der Waals surface area contributed by atoms with Crippen LogP contribution in [0.4, 0.5) is 0 Å². The van der Waals surface area contributed by atoms with E-state index in [1.807, 2.05) is 19.9 Å². The Morgan fingerprint density at radius 3 is 2.50 bits per heavy atom. The molecule has 0 N–H and O–H groups in total. The van der Waals surface area contributed by atoms with Crippen molar-refractivity contribution in [2.24, 2.45) is 5.92 Å². The molecular weight excluding hydrogens is 222 g/mol. The molecule has 0 spiro atoms. The third-order valence-electron chi connectivity index (χ3n) is 3.31. The van der Waals surface area contributed by atoms with Crippen molar-refractivity contribution in [1.29, 1.82) is 0 Å². The average molecular weight is 249 g/mol. The molecule has 2 nitrogen and oxygen atoms in total. The van der Waals surface area contributed by atoms with Crippen LogP contribution in [0.2, 0.25) is 0 Å². The number of aryl methyl sites for hydroxylation is 1. The molecule has 0 saturated carbocycles. The van der Waals surface area contributed by atoms with Crippen molar-refractivity contribution in [2.75, 3.05) is 26.7 Å². The van der Waals surface area contributed by atoms with Gasteiger partial charge < -0.3 is 9.64 Å². The van der Waals surface area contributed by atoms with Gasteiger partial charge in [-0.3, -0.25) is 0 Å². The van der Waals surface area contributed by atoms with Crippen LogP contribution in [0.1, 0.15) is 32.3 Å². The third kappa shape index (κ3) is 5.09. The number of ether oxygens (including phenoxy) is 1. The van der Waals surface area contributed by atoms with Gasteiger partial charge in [-0.2, -0.15) is 0 Å². The van der Waals surface area contributed by atoms with Gasteiger partial charge in [0.2, 0.25) is 0 Å². The lowest BCUT2D eigenvalue weighted by Gasteiger charge is -2.28. The number of rotatable bonds is 3. The number of hydrogen-bond donors (Lipinski definition) is 0. The number of benzene rings is 1. The Morgan fingerprint density at radius 2 is 1.89 bits per heavy atom. The summed E-state index contributed by atoms with van der Waals surface area (Å²) >= 11 is 0. The monoisotopic (exact) mass is 249 g/mol. The zero-order chi connectivity index (χ0) is 13.4. The molecule has 0 aromatic heterocycles. The first-order valence-corrected chi connectivity index (χ1v) is 7.12. The van der Waals surface area contributed by atoms with Crippen molar-refractivity contribution < 1.29 is 4.74 Å². The standard InChI is InChI=1S/C14H21NO.C2H6/c1-12-4-3-5-14(10-12)16-11-13-6-8-15(2)9-7-13;1-2/h3-5,10,13H,6-9,11H2,1-2H3;1-2H3. The lowest BCUT2D eigenvalue weighted by molar-refractivity contribution is 0.160. The minimum atomic E-state index is 0.733. The zero-order valence-electron chi connectivity index (χ0n) is 12.3. The van der Waals surface area contributed by atoms with E-state index >= 15 is 0 Å². The highest BCUT2D eigenvalue weighted by Gasteiger charge is 2.16. The van der Waals surface area contributed by atoms with Gasteiger partial charge in [-0.05, 0) is 63.5 Å². The van der Waals surface area contributed by atoms with Crippen molar-refractivity contribution >= 4 is 0 Å². The first-order chi connectivity index (χ1) is 8.74. The van der Waals surface area contributed by atoms with Crippen LogP contribution in [0.5, 0.6) is 5.75 Å². The minimum Gasteiger partial charge on any atom is -0.493 e. The molecule has 18 heavy (non-hydrogen) atoms. The number of nitrogens with zero attached hydrogens (tertiary/aromatic N) is 1. The van der Waals surface area contributed by atoms with Crippen molar-refractivity contribution in [3.05, 3.63) is 29.8 Å². The highest BCUT2D eigenvalue weighted by Crippen LogP contribution is 2.19. The van der Waals surface area contributed by atoms with E-state index in [-0.39, 0.29) is 0 Å². The number of hydrogen-bond acceptors (Lipinski definition) is 2. The predicted molar refractivity (Wildman–Crippen MR) is 78.2 cm³/mol. The van der Waals surface area contributed by atoms with E-state index in [9.17, 15) is 0 Å². The molecule has 2 rings (SSSR count). The molecule has 0 radical (unpaired) electrons. The maximum atomic E-state index is 5.84. The molecule has 102 valence electrons. The van der Waals surface area contributed by atoms with Crippen LogP contribution in [0.15, 0.2) is 24.3 Å². The van der Waals surface area contributed by atoms with Crippen molar-refractivity contribution in [2.45, 2.75) is 33.6 Å². The van der Waals surface area contributed by atoms with E-state index in [1.54, 1.807) is 0 Å². The Bertz CT molecular complexity index is 330. The van der Waals surface area contributed by atoms with Gasteiger partial charge in [-0.15, -0.1) is 0 Å². The van der Waals surface area contributed by atoms with Gasteiger partial charge in [-0.1, -0.05) is 26.0 Å². The molecule has 0 aliphatic carbocycles. The first-order valence-electron chi connectivity index (χ1n) is 7.12. The lowest BCUT2D eigenvalue weighted by Crippen LogP contribution is -2.32. The molecule has 0 atom stereocenters. The Balaban J connectivity index is 0.000000771. The van der Waals surface area contributed by atoms with Crippen LogP contribution in [0.3, 0.4) is 0 Å². The Morgan fingerprint density at radius 1 is 1.22 bits per heavy atom. The topological polar surface area (TPSA) is 12.5 Å². The number of piperidine rings is 1. The first kappa shape index (κ1) is 15.0. The number of likely N-dealkylation sites (tertiary alicyclic amines) is 1. The van der Waals surface area contributed by atoms with Crippen LogP contribution in [-0.2, 0) is 0 Å². The van der Waals surface area contributed by atoms with Gasteiger partial charge in [0.1, 0.15) is 5.75 Å². The second-order valence-corrected chi connectivity index (χ2v) is 4.87. The van der Waals surface area contributed by atoms with E-state index in [1.165, 1.54) is 31.5 Å². The third-order valence-corrected chi connectivity index (χ3v) is 3.31. The summed E-state index contributed by atoms with van der Waals surface area (Å²) in [4.78, 5) is 2.39. The minimum absolute atomic E-state index is 0.733. The van der Waals surface area contributed by atoms with Crippen LogP contribution >= 0.6 is 0 Å². The second kappa shape index (κ2) is 8.15. The van der Waals surface area contributed by atoms with Crippen LogP contribution < -0.4 is 4.74 Å². The highest BCUT2D eigenvalue weighted by atomic mass is 16.5. The van der Waals surface area contributed by atoms with E-state index in [2.05, 4.69) is 37.1 Å². The van der Waals surface area contributed by atoms with Crippen molar-refractivity contribution in [1.82, 2.24) is 4.90 Å². The summed E-state index contributed by atoms with van der Waals surface area (Å²) < 4.78 is 5.84. The van der Waals surface area contributed by atoms with E-state index < -0.39 is 0 Å². The fourth-order valence-electron chi connectivity index (χ4n) is 2.15. The van der Waals surface area contributed by atoms with Gasteiger partial charge in [0.15, 0.2) is 0 Å². The predicted octanol–water partition coefficient (Wildman–Crippen LogP) is 3.74. The molecule has 1 aliphatic rings. The van der Waals surface area contributed by atoms with Gasteiger partial charge in [0.05, 0.1) is 6.61 Å². The van der Waals surface area contributed by atoms with E-state index in [0.717, 1.165) is 18.3 Å². The van der Waals surface area contributed by atoms with Gasteiger partial charge >= 0.3 is 0 Å². The molecule has 0 bridgehead atoms. The van der Waals surface area contributed by atoms with Crippen molar-refractivity contribution in [3.63, 3.8) is 0 Å². The smallest absolute Gasteiger partial charge is 0.119 e. The summed E-state index contributed by atoms with van der Waals surface area (Å²) in [6, 6.07) is 8.30. The van der Waals surface area contributed by atoms with E-state index in [4.69, 9.17) is 4.74 Å². The molecule has 1 aliphatic heterocycles. The lowest BCUT2D eigenvalue weighted by atomic mass is 9.98. The summed E-state index contributed by atoms with van der Waals surface area (Å²) in [5, 5.41) is 0. The molecule has 1 heterocycles. The maximum absolute atomic E-state index is 5.84. The Labute approximate surface area is 112 Å². The average Bonchev–Trinajstić information content (AvgIpc) is 2.41. The Kier molecular flexibility index (Phi) is 6.81. The molecule has 1 saturated heterocycles. The van der Waals surface area contributed by atoms with Gasteiger partial charge in [0.25, 0.3) is 0 Å². The van der Waals surface area contributed by atoms with Crippen LogP contribution in [-0.4, -0.2) is 31.6 Å². The Hall–Kier alpha value is -1.02. The van der Waals surface area contributed by atoms with Crippen molar-refractivity contribution in [3.8, 4) is 5.75 Å². The second-order valence-electron chi connectivity index (χ2n) is 4.87. The van der Waals surface area contributed by atoms with E-state index in [0.29, 0.717) is 0 Å². The fourth-order valence-corrected chi connectivity index (χ4v) is 2.15. The normalized spacial score (nSPS) is 16.9. The molecule has 1 fully saturated rings. The SMILES string of the molecule is CC.Cc1cccc(OCC2CCN(C)CC2)c1. The summed E-state index contributed by atoms with van der Waals surface area (Å²) in [5.41, 5.74) is 1.26. The highest BCUT2D eigenvalue weighted by molar-refractivity contribution is 5.27. The molecule has 0 amide bonds. The quantitative estimate of drug-likeness (QED) is 0.809. The summed E-state index contributed by atoms with van der Waals surface area (Å²) in [5.74, 6) is 1.75. The summed E-state index contributed by atoms with van der Waals surface area (Å²) in [7, 11) is 2.19. The molecular formula is C16H27NO.